The standard InChI is InChI=1S/C44H39BF2N2/c1-26-13-17-33(18-14-26)36-25-39(34-19-15-27(2)16-20-34)48-42(36)41(35-11-9-8-10-12-35)44-38-24-30(5)29(4)23-37(38)43(49(44)45(46)47)40-31(6)21-28(3)22-32(40)7/h8-25H,1-7H3/b42-41-. The summed E-state index contributed by atoms with van der Waals surface area (Å²) in [7, 11) is -2.81. The summed E-state index contributed by atoms with van der Waals surface area (Å²) in [4.78, 5) is 5.34. The van der Waals surface area contributed by atoms with Gasteiger partial charge in [0.1, 0.15) is 0 Å². The van der Waals surface area contributed by atoms with E-state index in [1.54, 1.807) is 0 Å². The van der Waals surface area contributed by atoms with E-state index in [2.05, 4.69) is 107 Å². The molecule has 0 saturated carbocycles. The molecule has 1 aromatic heterocycles. The molecular weight excluding hydrogens is 605 g/mol. The Kier molecular flexibility index (Phi) is 8.32. The Labute approximate surface area is 288 Å². The van der Waals surface area contributed by atoms with Crippen molar-refractivity contribution in [1.82, 2.24) is 4.48 Å². The lowest BCUT2D eigenvalue weighted by molar-refractivity contribution is 0.630. The van der Waals surface area contributed by atoms with Crippen molar-refractivity contribution < 1.29 is 8.63 Å². The molecule has 0 unspecified atom stereocenters. The quantitative estimate of drug-likeness (QED) is 0.161. The van der Waals surface area contributed by atoms with Gasteiger partial charge in [0.05, 0.1) is 17.1 Å². The maximum Gasteiger partial charge on any atom is 0.678 e. The van der Waals surface area contributed by atoms with Crippen LogP contribution in [-0.2, 0) is 0 Å². The highest BCUT2D eigenvalue weighted by molar-refractivity contribution is 6.44. The Morgan fingerprint density at radius 3 is 1.71 bits per heavy atom. The predicted molar refractivity (Wildman–Crippen MR) is 204 cm³/mol. The molecule has 0 aliphatic carbocycles. The molecule has 0 atom stereocenters. The van der Waals surface area contributed by atoms with E-state index in [0.717, 1.165) is 83.3 Å². The SMILES string of the molecule is Cc1ccc(C2=CC(c3ccc(C)cc3)=N/C2=C(/c2ccccc2)c2c3cc(C)c(C)cc3c(-c3c(C)cc(C)cc3C)n2B(F)F)cc1. The number of rotatable bonds is 6. The highest BCUT2D eigenvalue weighted by Crippen LogP contribution is 2.47. The first-order valence-electron chi connectivity index (χ1n) is 16.8. The van der Waals surface area contributed by atoms with Crippen LogP contribution in [0.1, 0.15) is 61.3 Å². The lowest BCUT2D eigenvalue weighted by atomic mass is 9.91. The number of aryl methyl sites for hydroxylation is 7. The van der Waals surface area contributed by atoms with Gasteiger partial charge in [-0.3, -0.25) is 8.63 Å². The predicted octanol–water partition coefficient (Wildman–Crippen LogP) is 11.6. The highest BCUT2D eigenvalue weighted by atomic mass is 19.2. The van der Waals surface area contributed by atoms with E-state index in [1.807, 2.05) is 51.1 Å². The van der Waals surface area contributed by atoms with Crippen LogP contribution >= 0.6 is 0 Å². The molecule has 0 amide bonds. The summed E-state index contributed by atoms with van der Waals surface area (Å²) in [5.74, 6) is 0. The fraction of sp³-hybridized carbons (Fsp3) is 0.159. The summed E-state index contributed by atoms with van der Waals surface area (Å²) >= 11 is 0. The van der Waals surface area contributed by atoms with E-state index in [1.165, 1.54) is 4.48 Å². The molecular formula is C44H39BF2N2. The third-order valence-corrected chi connectivity index (χ3v) is 9.75. The molecule has 0 fully saturated rings. The van der Waals surface area contributed by atoms with E-state index < -0.39 is 7.40 Å². The zero-order chi connectivity index (χ0) is 34.6. The highest BCUT2D eigenvalue weighted by Gasteiger charge is 2.34. The third-order valence-electron chi connectivity index (χ3n) is 9.75. The lowest BCUT2D eigenvalue weighted by Gasteiger charge is -2.19. The van der Waals surface area contributed by atoms with Gasteiger partial charge in [-0.15, -0.1) is 0 Å². The molecule has 5 aromatic carbocycles. The number of allylic oxidation sites excluding steroid dienone is 2. The summed E-state index contributed by atoms with van der Waals surface area (Å²) in [5, 5.41) is 1.59. The van der Waals surface area contributed by atoms with Gasteiger partial charge in [-0.25, -0.2) is 4.99 Å². The minimum absolute atomic E-state index is 0.468. The molecule has 6 aromatic rings. The van der Waals surface area contributed by atoms with Gasteiger partial charge in [0.2, 0.25) is 0 Å². The molecule has 0 spiro atoms. The first-order chi connectivity index (χ1) is 23.5. The molecule has 0 N–H and O–H groups in total. The number of benzene rings is 5. The Morgan fingerprint density at radius 1 is 0.592 bits per heavy atom. The summed E-state index contributed by atoms with van der Waals surface area (Å²) in [5.41, 5.74) is 15.1. The second kappa shape index (κ2) is 12.6. The molecule has 242 valence electrons. The van der Waals surface area contributed by atoms with Crippen LogP contribution in [0.2, 0.25) is 0 Å². The minimum Gasteiger partial charge on any atom is -0.324 e. The summed E-state index contributed by atoms with van der Waals surface area (Å²) in [6, 6.07) is 34.9. The normalized spacial score (nSPS) is 13.9. The summed E-state index contributed by atoms with van der Waals surface area (Å²) in [6.07, 6.45) is 2.11. The largest absolute Gasteiger partial charge is 0.678 e. The van der Waals surface area contributed by atoms with Crippen LogP contribution in [-0.4, -0.2) is 17.6 Å². The van der Waals surface area contributed by atoms with Gasteiger partial charge < -0.3 is 4.48 Å². The number of fused-ring (bicyclic) bond motifs is 1. The first-order valence-corrected chi connectivity index (χ1v) is 16.8. The van der Waals surface area contributed by atoms with Gasteiger partial charge in [-0.1, -0.05) is 108 Å². The second-order valence-electron chi connectivity index (χ2n) is 13.5. The van der Waals surface area contributed by atoms with E-state index in [9.17, 15) is 0 Å². The van der Waals surface area contributed by atoms with Crippen LogP contribution in [0.5, 0.6) is 0 Å². The van der Waals surface area contributed by atoms with Crippen LogP contribution < -0.4 is 0 Å². The molecule has 5 heteroatoms. The van der Waals surface area contributed by atoms with E-state index >= 15 is 8.63 Å². The molecule has 0 radical (unpaired) electrons. The maximum absolute atomic E-state index is 16.1. The van der Waals surface area contributed by atoms with Gasteiger partial charge in [0.15, 0.2) is 0 Å². The van der Waals surface area contributed by atoms with Crippen molar-refractivity contribution in [2.75, 3.05) is 0 Å². The number of aliphatic imine (C=N–C) groups is 1. The molecule has 2 heterocycles. The third kappa shape index (κ3) is 5.78. The number of hydrogen-bond acceptors (Lipinski definition) is 1. The van der Waals surface area contributed by atoms with Gasteiger partial charge in [-0.2, -0.15) is 0 Å². The average Bonchev–Trinajstić information content (AvgIpc) is 3.63. The number of halogens is 2. The Balaban J connectivity index is 1.68. The fourth-order valence-corrected chi connectivity index (χ4v) is 7.26. The second-order valence-corrected chi connectivity index (χ2v) is 13.5. The monoisotopic (exact) mass is 644 g/mol. The van der Waals surface area contributed by atoms with Gasteiger partial charge in [-0.05, 0) is 100 Å². The summed E-state index contributed by atoms with van der Waals surface area (Å²) in [6.45, 7) is 14.3. The molecule has 49 heavy (non-hydrogen) atoms. The van der Waals surface area contributed by atoms with Crippen molar-refractivity contribution in [2.45, 2.75) is 48.5 Å². The first kappa shape index (κ1) is 32.3. The Bertz CT molecular complexity index is 2320. The van der Waals surface area contributed by atoms with Crippen molar-refractivity contribution in [3.8, 4) is 11.3 Å². The van der Waals surface area contributed by atoms with Crippen molar-refractivity contribution in [2.24, 2.45) is 4.99 Å². The summed E-state index contributed by atoms with van der Waals surface area (Å²) < 4.78 is 33.4. The van der Waals surface area contributed by atoms with E-state index in [4.69, 9.17) is 4.99 Å². The minimum atomic E-state index is -2.81. The molecule has 2 nitrogen and oxygen atoms in total. The van der Waals surface area contributed by atoms with Crippen LogP contribution in [0.25, 0.3) is 33.2 Å². The molecule has 1 aliphatic rings. The smallest absolute Gasteiger partial charge is 0.324 e. The van der Waals surface area contributed by atoms with Gasteiger partial charge in [0, 0.05) is 38.7 Å². The number of aromatic nitrogens is 1. The van der Waals surface area contributed by atoms with Crippen LogP contribution in [0, 0.1) is 48.5 Å². The maximum atomic E-state index is 16.1. The van der Waals surface area contributed by atoms with E-state index in [-0.39, 0.29) is 0 Å². The van der Waals surface area contributed by atoms with Crippen LogP contribution in [0.15, 0.2) is 120 Å². The van der Waals surface area contributed by atoms with E-state index in [0.29, 0.717) is 22.7 Å². The lowest BCUT2D eigenvalue weighted by Crippen LogP contribution is -2.18. The average molecular weight is 645 g/mol. The van der Waals surface area contributed by atoms with Gasteiger partial charge in [0.25, 0.3) is 0 Å². The Hall–Kier alpha value is -5.29. The number of nitrogens with zero attached hydrogens (tertiary/aromatic N) is 2. The van der Waals surface area contributed by atoms with Crippen molar-refractivity contribution in [1.29, 1.82) is 0 Å². The topological polar surface area (TPSA) is 17.3 Å². The zero-order valence-corrected chi connectivity index (χ0v) is 29.1. The van der Waals surface area contributed by atoms with Crippen molar-refractivity contribution in [3.05, 3.63) is 176 Å². The zero-order valence-electron chi connectivity index (χ0n) is 29.1. The fourth-order valence-electron chi connectivity index (χ4n) is 7.26. The number of hydrogen-bond donors (Lipinski definition) is 0. The molecule has 0 saturated heterocycles. The van der Waals surface area contributed by atoms with Gasteiger partial charge >= 0.3 is 7.40 Å². The van der Waals surface area contributed by atoms with Crippen LogP contribution in [0.4, 0.5) is 8.63 Å². The Morgan fingerprint density at radius 2 is 1.14 bits per heavy atom. The van der Waals surface area contributed by atoms with Crippen LogP contribution in [0.3, 0.4) is 0 Å². The molecule has 7 rings (SSSR count). The van der Waals surface area contributed by atoms with Crippen molar-refractivity contribution >= 4 is 35.0 Å². The molecule has 0 bridgehead atoms. The molecule has 1 aliphatic heterocycles. The van der Waals surface area contributed by atoms with Crippen molar-refractivity contribution in [3.63, 3.8) is 0 Å².